The zero-order valence-electron chi connectivity index (χ0n) is 13.2. The monoisotopic (exact) mass is 294 g/mol. The van der Waals surface area contributed by atoms with Crippen LogP contribution in [0.3, 0.4) is 0 Å². The van der Waals surface area contributed by atoms with E-state index >= 15 is 0 Å². The highest BCUT2D eigenvalue weighted by Crippen LogP contribution is 2.35. The SMILES string of the molecule is O=C(N1CCCCCC1)N1CCCCC1C1CCCC1O. The Labute approximate surface area is 128 Å². The molecule has 0 aromatic heterocycles. The molecule has 0 bridgehead atoms. The molecule has 1 saturated carbocycles. The number of rotatable bonds is 1. The second-order valence-electron chi connectivity index (χ2n) is 7.10. The summed E-state index contributed by atoms with van der Waals surface area (Å²) in [7, 11) is 0. The summed E-state index contributed by atoms with van der Waals surface area (Å²) in [4.78, 5) is 17.1. The minimum absolute atomic E-state index is 0.187. The predicted molar refractivity (Wildman–Crippen MR) is 83.1 cm³/mol. The maximum absolute atomic E-state index is 12.9. The van der Waals surface area contributed by atoms with Gasteiger partial charge in [0.05, 0.1) is 6.10 Å². The zero-order chi connectivity index (χ0) is 14.7. The molecule has 2 amide bonds. The third kappa shape index (κ3) is 3.36. The third-order valence-corrected chi connectivity index (χ3v) is 5.70. The fourth-order valence-electron chi connectivity index (χ4n) is 4.50. The molecule has 2 aliphatic heterocycles. The second-order valence-corrected chi connectivity index (χ2v) is 7.10. The van der Waals surface area contributed by atoms with Gasteiger partial charge in [-0.2, -0.15) is 0 Å². The zero-order valence-corrected chi connectivity index (χ0v) is 13.2. The summed E-state index contributed by atoms with van der Waals surface area (Å²) in [6.45, 7) is 2.74. The molecule has 3 aliphatic rings. The Morgan fingerprint density at radius 1 is 0.810 bits per heavy atom. The molecule has 21 heavy (non-hydrogen) atoms. The summed E-state index contributed by atoms with van der Waals surface area (Å²) in [5, 5.41) is 10.2. The number of hydrogen-bond acceptors (Lipinski definition) is 2. The van der Waals surface area contributed by atoms with Gasteiger partial charge in [-0.25, -0.2) is 4.79 Å². The van der Waals surface area contributed by atoms with E-state index in [0.29, 0.717) is 5.92 Å². The van der Waals surface area contributed by atoms with Gasteiger partial charge in [0, 0.05) is 31.6 Å². The first-order chi connectivity index (χ1) is 10.3. The quantitative estimate of drug-likeness (QED) is 0.808. The Bertz CT molecular complexity index is 353. The van der Waals surface area contributed by atoms with E-state index in [4.69, 9.17) is 0 Å². The molecule has 0 spiro atoms. The first-order valence-corrected chi connectivity index (χ1v) is 9.01. The summed E-state index contributed by atoms with van der Waals surface area (Å²) in [6, 6.07) is 0.535. The van der Waals surface area contributed by atoms with E-state index in [-0.39, 0.29) is 18.2 Å². The van der Waals surface area contributed by atoms with Gasteiger partial charge in [0.2, 0.25) is 0 Å². The minimum atomic E-state index is -0.187. The lowest BCUT2D eigenvalue weighted by atomic mass is 9.88. The first-order valence-electron chi connectivity index (χ1n) is 9.01. The molecular weight excluding hydrogens is 264 g/mol. The van der Waals surface area contributed by atoms with Crippen molar-refractivity contribution in [3.8, 4) is 0 Å². The minimum Gasteiger partial charge on any atom is -0.393 e. The van der Waals surface area contributed by atoms with Crippen molar-refractivity contribution in [2.24, 2.45) is 5.92 Å². The second kappa shape index (κ2) is 6.99. The highest BCUT2D eigenvalue weighted by molar-refractivity contribution is 5.75. The van der Waals surface area contributed by atoms with Crippen LogP contribution in [0.25, 0.3) is 0 Å². The molecule has 1 N–H and O–H groups in total. The van der Waals surface area contributed by atoms with Gasteiger partial charge in [0.15, 0.2) is 0 Å². The van der Waals surface area contributed by atoms with E-state index < -0.39 is 0 Å². The number of likely N-dealkylation sites (tertiary alicyclic amines) is 2. The van der Waals surface area contributed by atoms with Crippen LogP contribution in [0.2, 0.25) is 0 Å². The Balaban J connectivity index is 1.69. The van der Waals surface area contributed by atoms with E-state index in [0.717, 1.165) is 64.6 Å². The Morgan fingerprint density at radius 3 is 2.19 bits per heavy atom. The number of aliphatic hydroxyl groups excluding tert-OH is 1. The first kappa shape index (κ1) is 15.1. The molecule has 120 valence electrons. The summed E-state index contributed by atoms with van der Waals surface area (Å²) in [5.74, 6) is 0.321. The van der Waals surface area contributed by atoms with Crippen molar-refractivity contribution >= 4 is 6.03 Å². The Hall–Kier alpha value is -0.770. The number of aliphatic hydroxyl groups is 1. The van der Waals surface area contributed by atoms with Crippen molar-refractivity contribution in [2.75, 3.05) is 19.6 Å². The molecule has 3 fully saturated rings. The number of piperidine rings is 1. The fourth-order valence-corrected chi connectivity index (χ4v) is 4.50. The third-order valence-electron chi connectivity index (χ3n) is 5.70. The van der Waals surface area contributed by atoms with Crippen molar-refractivity contribution in [1.29, 1.82) is 0 Å². The molecule has 0 aromatic rings. The van der Waals surface area contributed by atoms with E-state index in [2.05, 4.69) is 9.80 Å². The van der Waals surface area contributed by atoms with Crippen LogP contribution in [0.4, 0.5) is 4.79 Å². The highest BCUT2D eigenvalue weighted by atomic mass is 16.3. The molecule has 1 aliphatic carbocycles. The lowest BCUT2D eigenvalue weighted by molar-refractivity contribution is 0.0425. The molecule has 2 heterocycles. The van der Waals surface area contributed by atoms with Crippen LogP contribution in [0, 0.1) is 5.92 Å². The van der Waals surface area contributed by atoms with Crippen LogP contribution in [0.1, 0.15) is 64.2 Å². The van der Waals surface area contributed by atoms with Gasteiger partial charge >= 0.3 is 6.03 Å². The average Bonchev–Trinajstić information content (AvgIpc) is 2.77. The summed E-state index contributed by atoms with van der Waals surface area (Å²) < 4.78 is 0. The van der Waals surface area contributed by atoms with Gasteiger partial charge in [0.25, 0.3) is 0 Å². The van der Waals surface area contributed by atoms with Crippen LogP contribution in [0.5, 0.6) is 0 Å². The summed E-state index contributed by atoms with van der Waals surface area (Å²) in [5.41, 5.74) is 0. The maximum Gasteiger partial charge on any atom is 0.320 e. The average molecular weight is 294 g/mol. The number of carbonyl (C=O) groups excluding carboxylic acids is 1. The van der Waals surface area contributed by atoms with Crippen LogP contribution < -0.4 is 0 Å². The van der Waals surface area contributed by atoms with Crippen molar-refractivity contribution in [3.05, 3.63) is 0 Å². The molecule has 4 heteroatoms. The fraction of sp³-hybridized carbons (Fsp3) is 0.941. The predicted octanol–water partition coefficient (Wildman–Crippen LogP) is 3.00. The van der Waals surface area contributed by atoms with Gasteiger partial charge in [-0.15, -0.1) is 0 Å². The highest BCUT2D eigenvalue weighted by Gasteiger charge is 2.39. The smallest absolute Gasteiger partial charge is 0.320 e. The summed E-state index contributed by atoms with van der Waals surface area (Å²) >= 11 is 0. The lowest BCUT2D eigenvalue weighted by Gasteiger charge is -2.42. The normalized spacial score (nSPS) is 34.8. The molecule has 2 saturated heterocycles. The number of amides is 2. The van der Waals surface area contributed by atoms with Gasteiger partial charge in [0.1, 0.15) is 0 Å². The largest absolute Gasteiger partial charge is 0.393 e. The summed E-state index contributed by atoms with van der Waals surface area (Å²) in [6.07, 6.45) is 11.2. The van der Waals surface area contributed by atoms with Crippen LogP contribution >= 0.6 is 0 Å². The number of carbonyl (C=O) groups is 1. The van der Waals surface area contributed by atoms with Crippen molar-refractivity contribution < 1.29 is 9.90 Å². The van der Waals surface area contributed by atoms with Crippen molar-refractivity contribution in [1.82, 2.24) is 9.80 Å². The van der Waals surface area contributed by atoms with Crippen LogP contribution in [-0.2, 0) is 0 Å². The molecule has 0 radical (unpaired) electrons. The Morgan fingerprint density at radius 2 is 1.52 bits per heavy atom. The van der Waals surface area contributed by atoms with Gasteiger partial charge in [-0.1, -0.05) is 19.3 Å². The Kier molecular flexibility index (Phi) is 5.04. The molecule has 3 rings (SSSR count). The van der Waals surface area contributed by atoms with E-state index in [1.165, 1.54) is 19.3 Å². The number of urea groups is 1. The molecule has 0 aromatic carbocycles. The van der Waals surface area contributed by atoms with Gasteiger partial charge < -0.3 is 14.9 Å². The van der Waals surface area contributed by atoms with Gasteiger partial charge in [-0.3, -0.25) is 0 Å². The molecule has 4 nitrogen and oxygen atoms in total. The van der Waals surface area contributed by atoms with Crippen LogP contribution in [-0.4, -0.2) is 52.7 Å². The van der Waals surface area contributed by atoms with Crippen molar-refractivity contribution in [2.45, 2.75) is 76.4 Å². The van der Waals surface area contributed by atoms with E-state index in [1.807, 2.05) is 0 Å². The maximum atomic E-state index is 12.9. The van der Waals surface area contributed by atoms with E-state index in [1.54, 1.807) is 0 Å². The molecule has 3 atom stereocenters. The number of nitrogens with zero attached hydrogens (tertiary/aromatic N) is 2. The van der Waals surface area contributed by atoms with Gasteiger partial charge in [-0.05, 0) is 44.9 Å². The molecular formula is C17H30N2O2. The topological polar surface area (TPSA) is 43.8 Å². The molecule has 3 unspecified atom stereocenters. The number of hydrogen-bond donors (Lipinski definition) is 1. The van der Waals surface area contributed by atoms with Crippen molar-refractivity contribution in [3.63, 3.8) is 0 Å². The lowest BCUT2D eigenvalue weighted by Crippen LogP contribution is -2.54. The van der Waals surface area contributed by atoms with Crippen LogP contribution in [0.15, 0.2) is 0 Å². The standard InChI is InChI=1S/C17H30N2O2/c20-16-10-7-8-14(16)15-9-3-6-13-19(15)17(21)18-11-4-1-2-5-12-18/h14-16,20H,1-13H2. The van der Waals surface area contributed by atoms with E-state index in [9.17, 15) is 9.90 Å².